The highest BCUT2D eigenvalue weighted by Gasteiger charge is 2.26. The summed E-state index contributed by atoms with van der Waals surface area (Å²) in [7, 11) is 0. The minimum Gasteiger partial charge on any atom is -0.309 e. The zero-order valence-electron chi connectivity index (χ0n) is 18.3. The van der Waals surface area contributed by atoms with E-state index in [0.717, 1.165) is 60.3 Å². The van der Waals surface area contributed by atoms with Crippen LogP contribution in [-0.4, -0.2) is 15.9 Å². The summed E-state index contributed by atoms with van der Waals surface area (Å²) in [6.45, 7) is 0. The van der Waals surface area contributed by atoms with Crippen LogP contribution >= 0.6 is 0 Å². The van der Waals surface area contributed by atoms with Gasteiger partial charge in [-0.2, -0.15) is 0 Å². The van der Waals surface area contributed by atoms with Crippen LogP contribution in [0.3, 0.4) is 0 Å². The summed E-state index contributed by atoms with van der Waals surface area (Å²) in [5.74, 6) is 1.65. The molecule has 164 valence electrons. The Morgan fingerprint density at radius 1 is 0.968 bits per heavy atom. The standard InChI is InChI=1S/C26H32FN3O/c27-20-11-12-21-19(16-20)10-13-22-25(21)28-23(14-17-8-4-5-9-17)26(29-22)30-24(31)15-18-6-2-1-3-7-18/h11-12,16-18H,1-10,13-15H2,(H,29,30,31). The Labute approximate surface area is 184 Å². The average Bonchev–Trinajstić information content (AvgIpc) is 3.28. The van der Waals surface area contributed by atoms with E-state index in [4.69, 9.17) is 9.97 Å². The topological polar surface area (TPSA) is 54.9 Å². The Morgan fingerprint density at radius 2 is 1.71 bits per heavy atom. The number of anilines is 1. The smallest absolute Gasteiger partial charge is 0.225 e. The molecule has 1 N–H and O–H groups in total. The molecule has 0 spiro atoms. The number of aromatic nitrogens is 2. The molecule has 5 heteroatoms. The SMILES string of the molecule is O=C(CC1CCCCC1)Nc1nc2c(nc1CC1CCCC1)-c1ccc(F)cc1CC2. The van der Waals surface area contributed by atoms with Crippen molar-refractivity contribution in [2.75, 3.05) is 5.32 Å². The number of hydrogen-bond acceptors (Lipinski definition) is 3. The van der Waals surface area contributed by atoms with Crippen molar-refractivity contribution in [2.24, 2.45) is 11.8 Å². The highest BCUT2D eigenvalue weighted by molar-refractivity contribution is 5.90. The molecule has 3 aliphatic rings. The lowest BCUT2D eigenvalue weighted by Crippen LogP contribution is -2.22. The zero-order chi connectivity index (χ0) is 21.2. The number of nitrogens with zero attached hydrogens (tertiary/aromatic N) is 2. The molecule has 1 aromatic carbocycles. The van der Waals surface area contributed by atoms with E-state index >= 15 is 0 Å². The van der Waals surface area contributed by atoms with Gasteiger partial charge in [0.25, 0.3) is 0 Å². The summed E-state index contributed by atoms with van der Waals surface area (Å²) in [6, 6.07) is 4.96. The minimum atomic E-state index is -0.201. The maximum absolute atomic E-state index is 13.7. The molecule has 0 saturated heterocycles. The first-order valence-electron chi connectivity index (χ1n) is 12.1. The fourth-order valence-corrected chi connectivity index (χ4v) is 5.71. The Balaban J connectivity index is 1.43. The van der Waals surface area contributed by atoms with E-state index < -0.39 is 0 Å². The van der Waals surface area contributed by atoms with Gasteiger partial charge in [0.15, 0.2) is 5.82 Å². The molecule has 0 unspecified atom stereocenters. The monoisotopic (exact) mass is 421 g/mol. The Hall–Kier alpha value is -2.30. The van der Waals surface area contributed by atoms with Gasteiger partial charge >= 0.3 is 0 Å². The van der Waals surface area contributed by atoms with Gasteiger partial charge in [0.05, 0.1) is 17.1 Å². The second-order valence-electron chi connectivity index (χ2n) is 9.73. The normalized spacial score (nSPS) is 19.1. The second-order valence-corrected chi connectivity index (χ2v) is 9.73. The maximum atomic E-state index is 13.7. The van der Waals surface area contributed by atoms with E-state index in [1.807, 2.05) is 6.07 Å². The van der Waals surface area contributed by atoms with Gasteiger partial charge in [-0.3, -0.25) is 4.79 Å². The maximum Gasteiger partial charge on any atom is 0.225 e. The molecule has 0 bridgehead atoms. The lowest BCUT2D eigenvalue weighted by Gasteiger charge is -2.23. The molecule has 4 nitrogen and oxygen atoms in total. The molecule has 3 aliphatic carbocycles. The summed E-state index contributed by atoms with van der Waals surface area (Å²) in [6.07, 6.45) is 14.0. The van der Waals surface area contributed by atoms with E-state index in [2.05, 4.69) is 5.32 Å². The number of fused-ring (bicyclic) bond motifs is 3. The van der Waals surface area contributed by atoms with Crippen molar-refractivity contribution in [3.8, 4) is 11.3 Å². The number of carbonyl (C=O) groups is 1. The van der Waals surface area contributed by atoms with Gasteiger partial charge < -0.3 is 5.32 Å². The Bertz CT molecular complexity index is 961. The lowest BCUT2D eigenvalue weighted by molar-refractivity contribution is -0.117. The molecule has 2 saturated carbocycles. The van der Waals surface area contributed by atoms with Crippen LogP contribution in [0.1, 0.15) is 81.2 Å². The first kappa shape index (κ1) is 20.6. The average molecular weight is 422 g/mol. The second kappa shape index (κ2) is 9.05. The van der Waals surface area contributed by atoms with Gasteiger partial charge in [-0.1, -0.05) is 44.9 Å². The fraction of sp³-hybridized carbons (Fsp3) is 0.577. The third-order valence-electron chi connectivity index (χ3n) is 7.41. The molecule has 0 aliphatic heterocycles. The van der Waals surface area contributed by atoms with Crippen molar-refractivity contribution in [1.82, 2.24) is 9.97 Å². The van der Waals surface area contributed by atoms with Gasteiger partial charge in [0.1, 0.15) is 5.82 Å². The van der Waals surface area contributed by atoms with Gasteiger partial charge in [-0.05, 0) is 67.7 Å². The van der Waals surface area contributed by atoms with Crippen molar-refractivity contribution in [3.05, 3.63) is 41.0 Å². The summed E-state index contributed by atoms with van der Waals surface area (Å²) in [4.78, 5) is 22.8. The van der Waals surface area contributed by atoms with Crippen LogP contribution < -0.4 is 5.32 Å². The zero-order valence-corrected chi connectivity index (χ0v) is 18.3. The van der Waals surface area contributed by atoms with Gasteiger partial charge in [-0.25, -0.2) is 14.4 Å². The highest BCUT2D eigenvalue weighted by Crippen LogP contribution is 2.35. The van der Waals surface area contributed by atoms with E-state index in [9.17, 15) is 9.18 Å². The summed E-state index contributed by atoms with van der Waals surface area (Å²) in [5.41, 5.74) is 4.69. The van der Waals surface area contributed by atoms with Crippen molar-refractivity contribution in [3.63, 3.8) is 0 Å². The van der Waals surface area contributed by atoms with Crippen LogP contribution in [0.5, 0.6) is 0 Å². The number of halogens is 1. The van der Waals surface area contributed by atoms with Crippen LogP contribution in [0.4, 0.5) is 10.2 Å². The molecular weight excluding hydrogens is 389 g/mol. The minimum absolute atomic E-state index is 0.0760. The molecule has 2 fully saturated rings. The van der Waals surface area contributed by atoms with Crippen molar-refractivity contribution < 1.29 is 9.18 Å². The Morgan fingerprint density at radius 3 is 2.52 bits per heavy atom. The number of amides is 1. The first-order chi connectivity index (χ1) is 15.2. The molecule has 1 amide bonds. The third kappa shape index (κ3) is 4.65. The number of aryl methyl sites for hydroxylation is 2. The van der Waals surface area contributed by atoms with Gasteiger partial charge in [0, 0.05) is 12.0 Å². The molecule has 0 radical (unpaired) electrons. The predicted molar refractivity (Wildman–Crippen MR) is 120 cm³/mol. The van der Waals surface area contributed by atoms with Crippen LogP contribution in [-0.2, 0) is 24.1 Å². The Kier molecular flexibility index (Phi) is 6.02. The van der Waals surface area contributed by atoms with Crippen LogP contribution in [0.15, 0.2) is 18.2 Å². The number of hydrogen-bond donors (Lipinski definition) is 1. The number of nitrogens with one attached hydrogen (secondary N) is 1. The predicted octanol–water partition coefficient (Wildman–Crippen LogP) is 6.02. The van der Waals surface area contributed by atoms with Crippen molar-refractivity contribution >= 4 is 11.7 Å². The molecule has 1 heterocycles. The number of rotatable bonds is 5. The first-order valence-corrected chi connectivity index (χ1v) is 12.1. The molecule has 5 rings (SSSR count). The fourth-order valence-electron chi connectivity index (χ4n) is 5.71. The molecule has 2 aromatic rings. The molecule has 31 heavy (non-hydrogen) atoms. The largest absolute Gasteiger partial charge is 0.309 e. The summed E-state index contributed by atoms with van der Waals surface area (Å²) in [5, 5.41) is 3.14. The van der Waals surface area contributed by atoms with E-state index in [1.165, 1.54) is 51.0 Å². The highest BCUT2D eigenvalue weighted by atomic mass is 19.1. The van der Waals surface area contributed by atoms with Crippen LogP contribution in [0.25, 0.3) is 11.3 Å². The van der Waals surface area contributed by atoms with Crippen LogP contribution in [0.2, 0.25) is 0 Å². The lowest BCUT2D eigenvalue weighted by atomic mass is 9.87. The van der Waals surface area contributed by atoms with E-state index in [0.29, 0.717) is 24.1 Å². The van der Waals surface area contributed by atoms with E-state index in [-0.39, 0.29) is 11.7 Å². The van der Waals surface area contributed by atoms with E-state index in [1.54, 1.807) is 6.07 Å². The van der Waals surface area contributed by atoms with Crippen molar-refractivity contribution in [1.29, 1.82) is 0 Å². The van der Waals surface area contributed by atoms with Crippen LogP contribution in [0, 0.1) is 17.7 Å². The van der Waals surface area contributed by atoms with Gasteiger partial charge in [-0.15, -0.1) is 0 Å². The molecule has 0 atom stereocenters. The van der Waals surface area contributed by atoms with Gasteiger partial charge in [0.2, 0.25) is 5.91 Å². The number of carbonyl (C=O) groups excluding carboxylic acids is 1. The molecular formula is C26H32FN3O. The third-order valence-corrected chi connectivity index (χ3v) is 7.41. The molecule has 1 aromatic heterocycles. The summed E-state index contributed by atoms with van der Waals surface area (Å²) < 4.78 is 13.7. The van der Waals surface area contributed by atoms with Crippen molar-refractivity contribution in [2.45, 2.75) is 83.5 Å². The number of benzene rings is 1. The summed E-state index contributed by atoms with van der Waals surface area (Å²) >= 11 is 0. The quantitative estimate of drug-likeness (QED) is 0.642.